The van der Waals surface area contributed by atoms with Crippen molar-refractivity contribution in [2.45, 2.75) is 19.3 Å². The molecule has 5 nitrogen and oxygen atoms in total. The highest BCUT2D eigenvalue weighted by molar-refractivity contribution is 5.95. The molecule has 36 heavy (non-hydrogen) atoms. The summed E-state index contributed by atoms with van der Waals surface area (Å²) in [5, 5.41) is 12.2. The van der Waals surface area contributed by atoms with Gasteiger partial charge in [0.15, 0.2) is 29.1 Å². The van der Waals surface area contributed by atoms with Gasteiger partial charge in [-0.3, -0.25) is 4.79 Å². The van der Waals surface area contributed by atoms with Gasteiger partial charge in [0.25, 0.3) is 0 Å². The molecule has 0 saturated carbocycles. The zero-order valence-corrected chi connectivity index (χ0v) is 18.4. The fraction of sp³-hybridized carbons (Fsp3) is 0.115. The highest BCUT2D eigenvalue weighted by Crippen LogP contribution is 2.37. The molecule has 0 radical (unpaired) electrons. The number of phenols is 1. The summed E-state index contributed by atoms with van der Waals surface area (Å²) in [5.41, 5.74) is 2.31. The normalized spacial score (nSPS) is 12.1. The lowest BCUT2D eigenvalue weighted by Crippen LogP contribution is -2.21. The molecule has 0 atom stereocenters. The number of carbonyl (C=O) groups is 1. The van der Waals surface area contributed by atoms with Crippen LogP contribution in [-0.4, -0.2) is 21.0 Å². The Labute approximate surface area is 201 Å². The Morgan fingerprint density at radius 1 is 0.833 bits per heavy atom. The summed E-state index contributed by atoms with van der Waals surface area (Å²) in [6.07, 6.45) is -0.122. The van der Waals surface area contributed by atoms with E-state index in [1.54, 1.807) is 42.5 Å². The number of rotatable bonds is 4. The standard InChI is InChI=1S/C26H16F5N3O2/c27-19-16(20(28)22(30)23(31)21(19)29)11-18(36)33-26-24(12-4-2-1-3-5-12)34-25-15-8-7-14(35)10-13(15)6-9-17(25)32-26/h1-5,7-8,10,35H,6,9,11H2,(H,32,33,36). The van der Waals surface area contributed by atoms with Crippen LogP contribution in [0.3, 0.4) is 0 Å². The number of benzene rings is 3. The number of amides is 1. The molecule has 1 heterocycles. The number of phenolic OH excluding ortho intramolecular Hbond substituents is 1. The predicted octanol–water partition coefficient (Wildman–Crippen LogP) is 5.49. The minimum absolute atomic E-state index is 0.0175. The maximum absolute atomic E-state index is 14.1. The van der Waals surface area contributed by atoms with Gasteiger partial charge in [0, 0.05) is 16.7 Å². The van der Waals surface area contributed by atoms with E-state index in [0.717, 1.165) is 11.1 Å². The van der Waals surface area contributed by atoms with Gasteiger partial charge in [-0.15, -0.1) is 0 Å². The second-order valence-corrected chi connectivity index (χ2v) is 8.20. The molecule has 0 saturated heterocycles. The van der Waals surface area contributed by atoms with Crippen molar-refractivity contribution in [3.05, 3.63) is 94.4 Å². The van der Waals surface area contributed by atoms with E-state index in [4.69, 9.17) is 4.98 Å². The number of halogens is 5. The van der Waals surface area contributed by atoms with Gasteiger partial charge in [-0.2, -0.15) is 0 Å². The molecule has 1 amide bonds. The SMILES string of the molecule is O=C(Cc1c(F)c(F)c(F)c(F)c1F)Nc1nc2c(nc1-c1ccccc1)-c1ccc(O)cc1CC2. The molecule has 182 valence electrons. The Hall–Kier alpha value is -4.34. The van der Waals surface area contributed by atoms with Crippen LogP contribution in [0.4, 0.5) is 27.8 Å². The third-order valence-electron chi connectivity index (χ3n) is 5.89. The average molecular weight is 497 g/mol. The highest BCUT2D eigenvalue weighted by Gasteiger charge is 2.28. The third-order valence-corrected chi connectivity index (χ3v) is 5.89. The van der Waals surface area contributed by atoms with Gasteiger partial charge >= 0.3 is 0 Å². The Kier molecular flexibility index (Phi) is 5.87. The first-order valence-corrected chi connectivity index (χ1v) is 10.8. The fourth-order valence-corrected chi connectivity index (χ4v) is 4.16. The Bertz CT molecular complexity index is 1500. The number of aryl methyl sites for hydroxylation is 2. The molecule has 1 aliphatic carbocycles. The number of hydrogen-bond donors (Lipinski definition) is 2. The van der Waals surface area contributed by atoms with Crippen molar-refractivity contribution < 1.29 is 31.9 Å². The molecule has 2 N–H and O–H groups in total. The van der Waals surface area contributed by atoms with Crippen molar-refractivity contribution >= 4 is 11.7 Å². The van der Waals surface area contributed by atoms with Crippen LogP contribution in [0.2, 0.25) is 0 Å². The first-order valence-electron chi connectivity index (χ1n) is 10.8. The maximum atomic E-state index is 14.1. The van der Waals surface area contributed by atoms with Crippen molar-refractivity contribution in [2.75, 3.05) is 5.32 Å². The van der Waals surface area contributed by atoms with E-state index < -0.39 is 47.0 Å². The Morgan fingerprint density at radius 3 is 2.19 bits per heavy atom. The molecule has 1 aliphatic rings. The lowest BCUT2D eigenvalue weighted by Gasteiger charge is -2.21. The Balaban J connectivity index is 1.56. The van der Waals surface area contributed by atoms with E-state index in [1.807, 2.05) is 0 Å². The molecule has 0 bridgehead atoms. The summed E-state index contributed by atoms with van der Waals surface area (Å²) in [5.74, 6) is -11.6. The Morgan fingerprint density at radius 2 is 1.50 bits per heavy atom. The maximum Gasteiger partial charge on any atom is 0.230 e. The van der Waals surface area contributed by atoms with Gasteiger partial charge in [0.05, 0.1) is 17.8 Å². The van der Waals surface area contributed by atoms with E-state index in [2.05, 4.69) is 10.3 Å². The molecule has 10 heteroatoms. The van der Waals surface area contributed by atoms with Crippen LogP contribution in [0.5, 0.6) is 5.75 Å². The molecule has 5 rings (SSSR count). The van der Waals surface area contributed by atoms with Crippen LogP contribution in [0.25, 0.3) is 22.5 Å². The smallest absolute Gasteiger partial charge is 0.230 e. The molecule has 4 aromatic rings. The lowest BCUT2D eigenvalue weighted by atomic mass is 9.91. The minimum Gasteiger partial charge on any atom is -0.508 e. The van der Waals surface area contributed by atoms with Gasteiger partial charge in [-0.1, -0.05) is 30.3 Å². The van der Waals surface area contributed by atoms with Crippen molar-refractivity contribution in [1.82, 2.24) is 9.97 Å². The molecule has 0 spiro atoms. The number of carbonyl (C=O) groups excluding carboxylic acids is 1. The first kappa shape index (κ1) is 23.4. The van der Waals surface area contributed by atoms with Gasteiger partial charge in [-0.05, 0) is 36.6 Å². The monoisotopic (exact) mass is 497 g/mol. The van der Waals surface area contributed by atoms with Crippen LogP contribution < -0.4 is 5.32 Å². The zero-order valence-electron chi connectivity index (χ0n) is 18.4. The molecular weight excluding hydrogens is 481 g/mol. The number of nitrogens with zero attached hydrogens (tertiary/aromatic N) is 2. The van der Waals surface area contributed by atoms with Crippen molar-refractivity contribution in [3.63, 3.8) is 0 Å². The first-order chi connectivity index (χ1) is 17.2. The van der Waals surface area contributed by atoms with Gasteiger partial charge < -0.3 is 10.4 Å². The van der Waals surface area contributed by atoms with Crippen LogP contribution >= 0.6 is 0 Å². The van der Waals surface area contributed by atoms with E-state index in [0.29, 0.717) is 29.8 Å². The summed E-state index contributed by atoms with van der Waals surface area (Å²) >= 11 is 0. The number of anilines is 1. The fourth-order valence-electron chi connectivity index (χ4n) is 4.16. The van der Waals surface area contributed by atoms with Gasteiger partial charge in [-0.25, -0.2) is 31.9 Å². The number of fused-ring (bicyclic) bond motifs is 3. The third kappa shape index (κ3) is 4.04. The highest BCUT2D eigenvalue weighted by atomic mass is 19.2. The van der Waals surface area contributed by atoms with Gasteiger partial charge in [0.2, 0.25) is 11.7 Å². The topological polar surface area (TPSA) is 75.1 Å². The van der Waals surface area contributed by atoms with Crippen molar-refractivity contribution in [2.24, 2.45) is 0 Å². The zero-order chi connectivity index (χ0) is 25.6. The molecule has 0 aliphatic heterocycles. The summed E-state index contributed by atoms with van der Waals surface area (Å²) < 4.78 is 68.7. The molecule has 0 unspecified atom stereocenters. The van der Waals surface area contributed by atoms with E-state index >= 15 is 0 Å². The molecule has 1 aromatic heterocycles. The number of hydrogen-bond acceptors (Lipinski definition) is 4. The van der Waals surface area contributed by atoms with Crippen LogP contribution in [0.1, 0.15) is 16.8 Å². The largest absolute Gasteiger partial charge is 0.508 e. The summed E-state index contributed by atoms with van der Waals surface area (Å²) in [4.78, 5) is 21.9. The quantitative estimate of drug-likeness (QED) is 0.222. The second-order valence-electron chi connectivity index (χ2n) is 8.20. The van der Waals surface area contributed by atoms with Crippen molar-refractivity contribution in [3.8, 4) is 28.3 Å². The summed E-state index contributed by atoms with van der Waals surface area (Å²) in [6, 6.07) is 13.6. The predicted molar refractivity (Wildman–Crippen MR) is 121 cm³/mol. The summed E-state index contributed by atoms with van der Waals surface area (Å²) in [6.45, 7) is 0. The van der Waals surface area contributed by atoms with E-state index in [9.17, 15) is 31.9 Å². The number of nitrogens with one attached hydrogen (secondary N) is 1. The van der Waals surface area contributed by atoms with Crippen molar-refractivity contribution in [1.29, 1.82) is 0 Å². The molecule has 3 aromatic carbocycles. The second kappa shape index (κ2) is 9.03. The number of aromatic nitrogens is 2. The van der Waals surface area contributed by atoms with E-state index in [-0.39, 0.29) is 17.3 Å². The summed E-state index contributed by atoms with van der Waals surface area (Å²) in [7, 11) is 0. The molecular formula is C26H16F5N3O2. The van der Waals surface area contributed by atoms with Gasteiger partial charge in [0.1, 0.15) is 11.4 Å². The van der Waals surface area contributed by atoms with Crippen LogP contribution in [0, 0.1) is 29.1 Å². The lowest BCUT2D eigenvalue weighted by molar-refractivity contribution is -0.115. The van der Waals surface area contributed by atoms with E-state index in [1.165, 1.54) is 6.07 Å². The number of aromatic hydroxyl groups is 1. The van der Waals surface area contributed by atoms with Crippen LogP contribution in [0.15, 0.2) is 48.5 Å². The average Bonchev–Trinajstić information content (AvgIpc) is 2.88. The molecule has 0 fully saturated rings. The minimum atomic E-state index is -2.30. The van der Waals surface area contributed by atoms with Crippen LogP contribution in [-0.2, 0) is 24.1 Å².